The predicted molar refractivity (Wildman–Crippen MR) is 101 cm³/mol. The molecule has 0 unspecified atom stereocenters. The molecule has 5 nitrogen and oxygen atoms in total. The van der Waals surface area contributed by atoms with Gasteiger partial charge in [0.15, 0.2) is 6.61 Å². The van der Waals surface area contributed by atoms with Gasteiger partial charge < -0.3 is 9.47 Å². The number of hydrogen-bond donors (Lipinski definition) is 2. The second-order valence-electron chi connectivity index (χ2n) is 4.74. The Morgan fingerprint density at radius 1 is 1.12 bits per heavy atom. The Morgan fingerprint density at radius 2 is 1.83 bits per heavy atom. The number of carbonyl (C=O) groups is 1. The molecule has 0 aliphatic heterocycles. The van der Waals surface area contributed by atoms with Crippen LogP contribution >= 0.6 is 31.9 Å². The van der Waals surface area contributed by atoms with Crippen molar-refractivity contribution in [1.82, 2.24) is 10.9 Å². The van der Waals surface area contributed by atoms with Crippen molar-refractivity contribution in [2.45, 2.75) is 0 Å². The zero-order valence-electron chi connectivity index (χ0n) is 12.9. The summed E-state index contributed by atoms with van der Waals surface area (Å²) in [5.41, 5.74) is 6.77. The number of halogens is 2. The molecule has 0 aliphatic carbocycles. The fraction of sp³-hybridized carbons (Fsp3) is 0.118. The molecule has 7 heteroatoms. The van der Waals surface area contributed by atoms with E-state index in [1.54, 1.807) is 25.3 Å². The van der Waals surface area contributed by atoms with Gasteiger partial charge in [-0.15, -0.1) is 0 Å². The molecule has 126 valence electrons. The first-order valence-corrected chi connectivity index (χ1v) is 8.54. The van der Waals surface area contributed by atoms with Crippen molar-refractivity contribution in [2.75, 3.05) is 13.7 Å². The van der Waals surface area contributed by atoms with Crippen LogP contribution < -0.4 is 20.3 Å². The van der Waals surface area contributed by atoms with Gasteiger partial charge in [0.1, 0.15) is 11.5 Å². The molecule has 1 amide bonds. The highest BCUT2D eigenvalue weighted by Gasteiger charge is 2.07. The topological polar surface area (TPSA) is 59.6 Å². The summed E-state index contributed by atoms with van der Waals surface area (Å²) in [5.74, 6) is 0.930. The molecule has 0 aliphatic rings. The molecule has 2 aromatic rings. The van der Waals surface area contributed by atoms with E-state index in [0.29, 0.717) is 21.7 Å². The molecule has 24 heavy (non-hydrogen) atoms. The average Bonchev–Trinajstić information content (AvgIpc) is 2.59. The van der Waals surface area contributed by atoms with Crippen LogP contribution in [0.2, 0.25) is 0 Å². The Kier molecular flexibility index (Phi) is 6.69. The fourth-order valence-corrected chi connectivity index (χ4v) is 2.51. The van der Waals surface area contributed by atoms with Crippen LogP contribution in [0.5, 0.6) is 11.5 Å². The molecular formula is C17H16Br2N2O3. The number of amides is 1. The van der Waals surface area contributed by atoms with E-state index in [9.17, 15) is 4.79 Å². The van der Waals surface area contributed by atoms with Crippen molar-refractivity contribution in [2.24, 2.45) is 0 Å². The highest BCUT2D eigenvalue weighted by Crippen LogP contribution is 2.28. The van der Waals surface area contributed by atoms with Crippen LogP contribution in [0.25, 0.3) is 5.70 Å². The van der Waals surface area contributed by atoms with Gasteiger partial charge >= 0.3 is 0 Å². The van der Waals surface area contributed by atoms with Crippen LogP contribution in [0, 0.1) is 0 Å². The summed E-state index contributed by atoms with van der Waals surface area (Å²) in [4.78, 5) is 11.9. The molecule has 0 saturated carbocycles. The van der Waals surface area contributed by atoms with Gasteiger partial charge in [0.25, 0.3) is 5.91 Å². The van der Waals surface area contributed by atoms with Crippen LogP contribution in [0.15, 0.2) is 58.0 Å². The number of rotatable bonds is 7. The van der Waals surface area contributed by atoms with E-state index in [4.69, 9.17) is 9.47 Å². The Morgan fingerprint density at radius 3 is 2.46 bits per heavy atom. The largest absolute Gasteiger partial charge is 0.497 e. The summed E-state index contributed by atoms with van der Waals surface area (Å²) >= 11 is 6.73. The molecule has 0 radical (unpaired) electrons. The van der Waals surface area contributed by atoms with E-state index in [1.807, 2.05) is 24.3 Å². The average molecular weight is 456 g/mol. The summed E-state index contributed by atoms with van der Waals surface area (Å²) in [6.07, 6.45) is 0. The fourth-order valence-electron chi connectivity index (χ4n) is 1.77. The first-order valence-electron chi connectivity index (χ1n) is 6.95. The number of ether oxygens (including phenoxy) is 2. The van der Waals surface area contributed by atoms with Crippen molar-refractivity contribution in [1.29, 1.82) is 0 Å². The monoisotopic (exact) mass is 454 g/mol. The predicted octanol–water partition coefficient (Wildman–Crippen LogP) is 3.89. The lowest BCUT2D eigenvalue weighted by atomic mass is 10.2. The summed E-state index contributed by atoms with van der Waals surface area (Å²) in [6.45, 7) is 3.74. The number of nitrogens with one attached hydrogen (secondary N) is 2. The van der Waals surface area contributed by atoms with Gasteiger partial charge in [0, 0.05) is 4.47 Å². The maximum atomic E-state index is 11.9. The van der Waals surface area contributed by atoms with Gasteiger partial charge in [-0.25, -0.2) is 0 Å². The Balaban J connectivity index is 1.81. The molecule has 0 spiro atoms. The zero-order valence-corrected chi connectivity index (χ0v) is 16.1. The quantitative estimate of drug-likeness (QED) is 0.622. The molecule has 0 fully saturated rings. The van der Waals surface area contributed by atoms with Crippen molar-refractivity contribution < 1.29 is 14.3 Å². The smallest absolute Gasteiger partial charge is 0.276 e. The summed E-state index contributed by atoms with van der Waals surface area (Å²) in [6, 6.07) is 12.8. The van der Waals surface area contributed by atoms with Gasteiger partial charge in [-0.3, -0.25) is 15.6 Å². The highest BCUT2D eigenvalue weighted by molar-refractivity contribution is 9.10. The molecule has 2 N–H and O–H groups in total. The molecule has 0 aromatic heterocycles. The van der Waals surface area contributed by atoms with Crippen LogP contribution in [-0.4, -0.2) is 19.6 Å². The number of methoxy groups -OCH3 is 1. The molecule has 0 saturated heterocycles. The molecule has 2 rings (SSSR count). The molecular weight excluding hydrogens is 440 g/mol. The molecule has 0 heterocycles. The van der Waals surface area contributed by atoms with Gasteiger partial charge in [-0.05, 0) is 51.8 Å². The van der Waals surface area contributed by atoms with Gasteiger partial charge in [-0.1, -0.05) is 34.6 Å². The molecule has 0 bridgehead atoms. The van der Waals surface area contributed by atoms with Crippen molar-refractivity contribution >= 4 is 43.5 Å². The number of benzene rings is 2. The lowest BCUT2D eigenvalue weighted by Crippen LogP contribution is -2.39. The second kappa shape index (κ2) is 8.75. The Hall–Kier alpha value is -1.99. The molecule has 0 atom stereocenters. The summed E-state index contributed by atoms with van der Waals surface area (Å²) in [7, 11) is 1.58. The second-order valence-corrected chi connectivity index (χ2v) is 6.51. The minimum absolute atomic E-state index is 0.133. The summed E-state index contributed by atoms with van der Waals surface area (Å²) < 4.78 is 12.2. The van der Waals surface area contributed by atoms with Gasteiger partial charge in [-0.2, -0.15) is 0 Å². The SMILES string of the molecule is C=C(NNC(=O)COc1ccc(OC)cc1Br)c1ccc(Br)cc1. The third kappa shape index (κ3) is 5.28. The minimum Gasteiger partial charge on any atom is -0.497 e. The van der Waals surface area contributed by atoms with Crippen LogP contribution in [0.4, 0.5) is 0 Å². The standard InChI is InChI=1S/C17H16Br2N2O3/c1-11(12-3-5-13(18)6-4-12)20-21-17(22)10-24-16-8-7-14(23-2)9-15(16)19/h3-9,20H,1,10H2,2H3,(H,21,22). The van der Waals surface area contributed by atoms with Crippen LogP contribution in [-0.2, 0) is 4.79 Å². The Labute approximate surface area is 157 Å². The van der Waals surface area contributed by atoms with Crippen molar-refractivity contribution in [3.05, 3.63) is 63.6 Å². The number of hydrazine groups is 1. The van der Waals surface area contributed by atoms with Crippen molar-refractivity contribution in [3.8, 4) is 11.5 Å². The Bertz CT molecular complexity index is 733. The van der Waals surface area contributed by atoms with E-state index in [1.165, 1.54) is 0 Å². The van der Waals surface area contributed by atoms with Gasteiger partial charge in [0.05, 0.1) is 17.3 Å². The lowest BCUT2D eigenvalue weighted by Gasteiger charge is -2.13. The minimum atomic E-state index is -0.323. The number of hydrogen-bond acceptors (Lipinski definition) is 4. The highest BCUT2D eigenvalue weighted by atomic mass is 79.9. The summed E-state index contributed by atoms with van der Waals surface area (Å²) in [5, 5.41) is 0. The van der Waals surface area contributed by atoms with Crippen molar-refractivity contribution in [3.63, 3.8) is 0 Å². The van der Waals surface area contributed by atoms with E-state index in [2.05, 4.69) is 49.3 Å². The maximum absolute atomic E-state index is 11.9. The van der Waals surface area contributed by atoms with E-state index in [-0.39, 0.29) is 12.5 Å². The first kappa shape index (κ1) is 18.4. The normalized spacial score (nSPS) is 9.96. The lowest BCUT2D eigenvalue weighted by molar-refractivity contribution is -0.123. The number of carbonyl (C=O) groups excluding carboxylic acids is 1. The third-order valence-corrected chi connectivity index (χ3v) is 4.19. The maximum Gasteiger partial charge on any atom is 0.276 e. The van der Waals surface area contributed by atoms with E-state index >= 15 is 0 Å². The zero-order chi connectivity index (χ0) is 17.5. The van der Waals surface area contributed by atoms with Gasteiger partial charge in [0.2, 0.25) is 0 Å². The van der Waals surface area contributed by atoms with Crippen LogP contribution in [0.3, 0.4) is 0 Å². The van der Waals surface area contributed by atoms with Crippen LogP contribution in [0.1, 0.15) is 5.56 Å². The van der Waals surface area contributed by atoms with E-state index in [0.717, 1.165) is 10.0 Å². The van der Waals surface area contributed by atoms with E-state index < -0.39 is 0 Å². The first-order chi connectivity index (χ1) is 11.5. The molecule has 2 aromatic carbocycles. The third-order valence-electron chi connectivity index (χ3n) is 3.04.